The maximum atomic E-state index is 13.0. The van der Waals surface area contributed by atoms with Gasteiger partial charge in [-0.3, -0.25) is 4.79 Å². The molecule has 1 heterocycles. The van der Waals surface area contributed by atoms with Crippen molar-refractivity contribution in [2.45, 2.75) is 6.42 Å². The van der Waals surface area contributed by atoms with E-state index in [4.69, 9.17) is 4.42 Å². The Balaban J connectivity index is 1.29. The Kier molecular flexibility index (Phi) is 4.44. The Morgan fingerprint density at radius 1 is 0.727 bits per heavy atom. The van der Waals surface area contributed by atoms with Gasteiger partial charge in [-0.05, 0) is 70.6 Å². The molecule has 1 aliphatic rings. The van der Waals surface area contributed by atoms with Gasteiger partial charge in [-0.2, -0.15) is 0 Å². The minimum atomic E-state index is -0.426. The standard InChI is InChI=1S/C29H19NO3/c31-28(30-23-12-13-25-22(16-23)15-18-6-1-3-10-24(18)25)21-9-5-8-19(14-21)26-17-20-7-2-4-11-27(20)33-29(26)32/h1-14,16-17H,15H2,(H,30,31). The molecule has 0 saturated heterocycles. The predicted octanol–water partition coefficient (Wildman–Crippen LogP) is 6.28. The van der Waals surface area contributed by atoms with Crippen LogP contribution >= 0.6 is 0 Å². The molecule has 0 radical (unpaired) electrons. The maximum absolute atomic E-state index is 13.0. The van der Waals surface area contributed by atoms with Crippen LogP contribution in [0.15, 0.2) is 106 Å². The zero-order chi connectivity index (χ0) is 22.4. The van der Waals surface area contributed by atoms with E-state index in [2.05, 4.69) is 29.6 Å². The van der Waals surface area contributed by atoms with Gasteiger partial charge >= 0.3 is 5.63 Å². The molecule has 158 valence electrons. The van der Waals surface area contributed by atoms with Crippen LogP contribution in [0.3, 0.4) is 0 Å². The average Bonchev–Trinajstić information content (AvgIpc) is 3.21. The van der Waals surface area contributed by atoms with E-state index >= 15 is 0 Å². The molecule has 4 nitrogen and oxygen atoms in total. The second kappa shape index (κ2) is 7.61. The van der Waals surface area contributed by atoms with Gasteiger partial charge in [0.2, 0.25) is 0 Å². The van der Waals surface area contributed by atoms with E-state index in [9.17, 15) is 9.59 Å². The molecule has 0 saturated carbocycles. The Hall–Kier alpha value is -4.44. The number of hydrogen-bond donors (Lipinski definition) is 1. The lowest BCUT2D eigenvalue weighted by atomic mass is 10.0. The zero-order valence-electron chi connectivity index (χ0n) is 17.7. The van der Waals surface area contributed by atoms with Crippen molar-refractivity contribution in [1.29, 1.82) is 0 Å². The number of amides is 1. The van der Waals surface area contributed by atoms with Crippen molar-refractivity contribution in [3.63, 3.8) is 0 Å². The topological polar surface area (TPSA) is 59.3 Å². The van der Waals surface area contributed by atoms with Crippen LogP contribution in [0.4, 0.5) is 5.69 Å². The number of rotatable bonds is 3. The minimum Gasteiger partial charge on any atom is -0.422 e. The van der Waals surface area contributed by atoms with Gasteiger partial charge in [0.25, 0.3) is 5.91 Å². The number of anilines is 1. The molecule has 6 rings (SSSR count). The van der Waals surface area contributed by atoms with Gasteiger partial charge in [-0.15, -0.1) is 0 Å². The van der Waals surface area contributed by atoms with Crippen molar-refractivity contribution in [3.05, 3.63) is 124 Å². The first-order chi connectivity index (χ1) is 16.2. The van der Waals surface area contributed by atoms with Gasteiger partial charge < -0.3 is 9.73 Å². The van der Waals surface area contributed by atoms with Crippen molar-refractivity contribution in [3.8, 4) is 22.3 Å². The van der Waals surface area contributed by atoms with Crippen LogP contribution < -0.4 is 10.9 Å². The molecule has 5 aromatic rings. The first-order valence-corrected chi connectivity index (χ1v) is 10.8. The first kappa shape index (κ1) is 19.3. The molecule has 0 unspecified atom stereocenters. The van der Waals surface area contributed by atoms with Gasteiger partial charge in [0, 0.05) is 16.6 Å². The molecule has 0 aliphatic heterocycles. The molecule has 33 heavy (non-hydrogen) atoms. The van der Waals surface area contributed by atoms with Crippen LogP contribution in [-0.2, 0) is 6.42 Å². The van der Waals surface area contributed by atoms with Gasteiger partial charge in [0.1, 0.15) is 5.58 Å². The summed E-state index contributed by atoms with van der Waals surface area (Å²) in [6, 6.07) is 30.6. The smallest absolute Gasteiger partial charge is 0.344 e. The summed E-state index contributed by atoms with van der Waals surface area (Å²) in [5.41, 5.74) is 7.40. The summed E-state index contributed by atoms with van der Waals surface area (Å²) in [4.78, 5) is 25.5. The molecular formula is C29H19NO3. The lowest BCUT2D eigenvalue weighted by Gasteiger charge is -2.09. The van der Waals surface area contributed by atoms with Crippen LogP contribution in [0, 0.1) is 0 Å². The molecule has 4 heteroatoms. The van der Waals surface area contributed by atoms with Gasteiger partial charge in [0.05, 0.1) is 5.56 Å². The van der Waals surface area contributed by atoms with E-state index in [0.717, 1.165) is 17.5 Å². The van der Waals surface area contributed by atoms with E-state index < -0.39 is 5.63 Å². The lowest BCUT2D eigenvalue weighted by Crippen LogP contribution is -2.12. The van der Waals surface area contributed by atoms with Crippen LogP contribution in [0.5, 0.6) is 0 Å². The Morgan fingerprint density at radius 2 is 1.55 bits per heavy atom. The summed E-state index contributed by atoms with van der Waals surface area (Å²) in [5, 5.41) is 3.83. The monoisotopic (exact) mass is 429 g/mol. The fourth-order valence-electron chi connectivity index (χ4n) is 4.52. The normalized spacial score (nSPS) is 11.8. The number of para-hydroxylation sites is 1. The zero-order valence-corrected chi connectivity index (χ0v) is 17.7. The number of nitrogens with one attached hydrogen (secondary N) is 1. The van der Waals surface area contributed by atoms with Gasteiger partial charge in [-0.25, -0.2) is 4.79 Å². The summed E-state index contributed by atoms with van der Waals surface area (Å²) >= 11 is 0. The second-order valence-corrected chi connectivity index (χ2v) is 8.23. The molecule has 0 fully saturated rings. The highest BCUT2D eigenvalue weighted by molar-refractivity contribution is 6.05. The quantitative estimate of drug-likeness (QED) is 0.337. The summed E-state index contributed by atoms with van der Waals surface area (Å²) in [6.45, 7) is 0. The van der Waals surface area contributed by atoms with Crippen molar-refractivity contribution >= 4 is 22.6 Å². The second-order valence-electron chi connectivity index (χ2n) is 8.23. The number of carbonyl (C=O) groups is 1. The SMILES string of the molecule is O=C(Nc1ccc2c(c1)Cc1ccccc1-2)c1cccc(-c2cc3ccccc3oc2=O)c1. The minimum absolute atomic E-state index is 0.225. The summed E-state index contributed by atoms with van der Waals surface area (Å²) in [5.74, 6) is -0.225. The van der Waals surface area contributed by atoms with Crippen molar-refractivity contribution in [2.75, 3.05) is 5.32 Å². The van der Waals surface area contributed by atoms with Gasteiger partial charge in [-0.1, -0.05) is 60.7 Å². The van der Waals surface area contributed by atoms with Crippen LogP contribution in [-0.4, -0.2) is 5.91 Å². The molecule has 1 N–H and O–H groups in total. The number of fused-ring (bicyclic) bond motifs is 4. The molecular weight excluding hydrogens is 410 g/mol. The van der Waals surface area contributed by atoms with Crippen molar-refractivity contribution in [2.24, 2.45) is 0 Å². The van der Waals surface area contributed by atoms with Crippen LogP contribution in [0.2, 0.25) is 0 Å². The molecule has 0 spiro atoms. The number of benzene rings is 4. The molecule has 1 aliphatic carbocycles. The highest BCUT2D eigenvalue weighted by Crippen LogP contribution is 2.37. The molecule has 0 bridgehead atoms. The van der Waals surface area contributed by atoms with Crippen LogP contribution in [0.1, 0.15) is 21.5 Å². The summed E-state index contributed by atoms with van der Waals surface area (Å²) < 4.78 is 5.46. The van der Waals surface area contributed by atoms with Crippen LogP contribution in [0.25, 0.3) is 33.2 Å². The lowest BCUT2D eigenvalue weighted by molar-refractivity contribution is 0.102. The van der Waals surface area contributed by atoms with E-state index in [1.807, 2.05) is 42.5 Å². The number of carbonyl (C=O) groups excluding carboxylic acids is 1. The van der Waals surface area contributed by atoms with E-state index in [-0.39, 0.29) is 5.91 Å². The molecule has 1 amide bonds. The Morgan fingerprint density at radius 3 is 2.48 bits per heavy atom. The molecule has 1 aromatic heterocycles. The molecule has 4 aromatic carbocycles. The Labute approximate surface area is 190 Å². The molecule has 0 atom stereocenters. The fourth-order valence-corrected chi connectivity index (χ4v) is 4.52. The highest BCUT2D eigenvalue weighted by Gasteiger charge is 2.18. The first-order valence-electron chi connectivity index (χ1n) is 10.8. The predicted molar refractivity (Wildman–Crippen MR) is 131 cm³/mol. The van der Waals surface area contributed by atoms with Crippen molar-refractivity contribution < 1.29 is 9.21 Å². The summed E-state index contributed by atoms with van der Waals surface area (Å²) in [7, 11) is 0. The maximum Gasteiger partial charge on any atom is 0.344 e. The number of hydrogen-bond acceptors (Lipinski definition) is 3. The fraction of sp³-hybridized carbons (Fsp3) is 0.0345. The average molecular weight is 429 g/mol. The third-order valence-corrected chi connectivity index (χ3v) is 6.13. The van der Waals surface area contributed by atoms with E-state index in [1.54, 1.807) is 30.3 Å². The summed E-state index contributed by atoms with van der Waals surface area (Å²) in [6.07, 6.45) is 0.864. The Bertz CT molecular complexity index is 1610. The van der Waals surface area contributed by atoms with E-state index in [0.29, 0.717) is 22.3 Å². The largest absolute Gasteiger partial charge is 0.422 e. The third kappa shape index (κ3) is 3.42. The third-order valence-electron chi connectivity index (χ3n) is 6.13. The van der Waals surface area contributed by atoms with Crippen molar-refractivity contribution in [1.82, 2.24) is 0 Å². The van der Waals surface area contributed by atoms with E-state index in [1.165, 1.54) is 22.3 Å². The van der Waals surface area contributed by atoms with Gasteiger partial charge in [0.15, 0.2) is 0 Å². The highest BCUT2D eigenvalue weighted by atomic mass is 16.4.